The van der Waals surface area contributed by atoms with E-state index in [1.54, 1.807) is 24.3 Å². The molecule has 0 bridgehead atoms. The van der Waals surface area contributed by atoms with Gasteiger partial charge in [0.1, 0.15) is 23.4 Å². The van der Waals surface area contributed by atoms with E-state index < -0.39 is 23.2 Å². The maximum atomic E-state index is 14.3. The SMILES string of the molecule is O=C[C@@H](NC(=O)C1(NC(=O)c2cc3ccc(COC[C@@H](NC(=O)C4(NC(=O)c5cc6ccccc6s5)CCCCC4)C4=CC=C=C=C4)cc3s2)CCCCC1)c1ccccc1. The topological polar surface area (TPSA) is 143 Å². The van der Waals surface area contributed by atoms with Crippen molar-refractivity contribution in [3.63, 3.8) is 0 Å². The fourth-order valence-electron chi connectivity index (χ4n) is 8.58. The Bertz CT molecular complexity index is 2550. The zero-order chi connectivity index (χ0) is 42.2. The van der Waals surface area contributed by atoms with Crippen LogP contribution in [0.2, 0.25) is 0 Å². The Morgan fingerprint density at radius 3 is 1.92 bits per heavy atom. The van der Waals surface area contributed by atoms with Gasteiger partial charge in [-0.25, -0.2) is 0 Å². The second kappa shape index (κ2) is 18.8. The van der Waals surface area contributed by atoms with Crippen LogP contribution < -0.4 is 21.3 Å². The average Bonchev–Trinajstić information content (AvgIpc) is 3.94. The van der Waals surface area contributed by atoms with Gasteiger partial charge >= 0.3 is 0 Å². The number of hydrogen-bond donors (Lipinski definition) is 4. The fraction of sp³-hybridized carbons (Fsp3) is 0.327. The quantitative estimate of drug-likeness (QED) is 0.0615. The Balaban J connectivity index is 0.929. The molecular weight excluding hydrogens is 805 g/mol. The van der Waals surface area contributed by atoms with Gasteiger partial charge in [0.05, 0.1) is 29.0 Å². The predicted octanol–water partition coefficient (Wildman–Crippen LogP) is 8.55. The van der Waals surface area contributed by atoms with E-state index in [2.05, 4.69) is 32.7 Å². The molecule has 5 aromatic rings. The van der Waals surface area contributed by atoms with Gasteiger partial charge in [-0.1, -0.05) is 111 Å². The zero-order valence-corrected chi connectivity index (χ0v) is 35.4. The molecule has 0 saturated heterocycles. The summed E-state index contributed by atoms with van der Waals surface area (Å²) in [6, 6.07) is 25.2. The molecule has 2 fully saturated rings. The summed E-state index contributed by atoms with van der Waals surface area (Å²) >= 11 is 2.77. The third-order valence-electron chi connectivity index (χ3n) is 12.0. The van der Waals surface area contributed by atoms with Crippen molar-refractivity contribution in [2.45, 2.75) is 94.0 Å². The van der Waals surface area contributed by atoms with Crippen LogP contribution in [0.4, 0.5) is 0 Å². The van der Waals surface area contributed by atoms with E-state index in [9.17, 15) is 24.0 Å². The van der Waals surface area contributed by atoms with E-state index >= 15 is 0 Å². The standard InChI is InChI=1S/C49H48N4O6S2/c54-30-38(34-15-5-1-6-16-34)50-46(57)48(23-11-3-12-24-48)53-45(56)43-29-37-22-21-33(27-41(37)61-43)31-59-32-39(35-17-7-2-8-18-35)51-47(58)49(25-13-4-14-26-49)52-44(55)42-28-36-19-9-10-20-40(36)60-42/h1,5-7,9-10,15-22,27-30,38-39H,3-4,11-14,23-26,31-32H2,(H,50,57)(H,51,58)(H,52,55)(H,53,56)/t38-,39-/m1/s1. The van der Waals surface area contributed by atoms with Crippen LogP contribution >= 0.6 is 22.7 Å². The Morgan fingerprint density at radius 2 is 1.30 bits per heavy atom. The lowest BCUT2D eigenvalue weighted by molar-refractivity contribution is -0.131. The van der Waals surface area contributed by atoms with E-state index in [0.717, 1.165) is 76.1 Å². The van der Waals surface area contributed by atoms with Crippen LogP contribution in [-0.2, 0) is 25.7 Å². The highest BCUT2D eigenvalue weighted by Gasteiger charge is 2.43. The fourth-order valence-corrected chi connectivity index (χ4v) is 10.6. The highest BCUT2D eigenvalue weighted by Crippen LogP contribution is 2.34. The molecule has 0 spiro atoms. The Hall–Kier alpha value is -5.87. The number of hydrogen-bond acceptors (Lipinski definition) is 8. The van der Waals surface area contributed by atoms with Gasteiger partial charge in [-0.05, 0) is 95.6 Å². The van der Waals surface area contributed by atoms with E-state index in [1.807, 2.05) is 78.9 Å². The molecule has 10 nitrogen and oxygen atoms in total. The van der Waals surface area contributed by atoms with Gasteiger partial charge in [0, 0.05) is 9.40 Å². The number of nitrogens with one attached hydrogen (secondary N) is 4. The van der Waals surface area contributed by atoms with Crippen LogP contribution in [0.1, 0.15) is 101 Å². The summed E-state index contributed by atoms with van der Waals surface area (Å²) in [5, 5.41) is 14.3. The second-order valence-electron chi connectivity index (χ2n) is 16.1. The number of thiophene rings is 2. The second-order valence-corrected chi connectivity index (χ2v) is 18.3. The van der Waals surface area contributed by atoms with Crippen molar-refractivity contribution < 1.29 is 28.7 Å². The highest BCUT2D eigenvalue weighted by atomic mass is 32.1. The van der Waals surface area contributed by atoms with Gasteiger partial charge in [0.25, 0.3) is 11.8 Å². The van der Waals surface area contributed by atoms with Gasteiger partial charge in [-0.2, -0.15) is 0 Å². The summed E-state index contributed by atoms with van der Waals surface area (Å²) in [4.78, 5) is 68.7. The minimum atomic E-state index is -1.12. The van der Waals surface area contributed by atoms with Crippen LogP contribution in [0.25, 0.3) is 20.2 Å². The van der Waals surface area contributed by atoms with E-state index in [4.69, 9.17) is 4.74 Å². The van der Waals surface area contributed by atoms with Gasteiger partial charge in [0.15, 0.2) is 0 Å². The van der Waals surface area contributed by atoms with Crippen molar-refractivity contribution in [2.75, 3.05) is 6.61 Å². The zero-order valence-electron chi connectivity index (χ0n) is 33.8. The normalized spacial score (nSPS) is 17.5. The average molecular weight is 853 g/mol. The molecule has 3 aliphatic rings. The van der Waals surface area contributed by atoms with Crippen LogP contribution in [0.5, 0.6) is 0 Å². The van der Waals surface area contributed by atoms with E-state index in [1.165, 1.54) is 22.7 Å². The first-order valence-corrected chi connectivity index (χ1v) is 22.6. The molecule has 4 amide bonds. The molecule has 61 heavy (non-hydrogen) atoms. The molecule has 3 aliphatic carbocycles. The maximum Gasteiger partial charge on any atom is 0.262 e. The highest BCUT2D eigenvalue weighted by molar-refractivity contribution is 7.21. The van der Waals surface area contributed by atoms with E-state index in [-0.39, 0.29) is 36.8 Å². The first-order valence-electron chi connectivity index (χ1n) is 21.0. The van der Waals surface area contributed by atoms with Crippen LogP contribution in [0, 0.1) is 0 Å². The molecule has 8 rings (SSSR count). The summed E-state index contributed by atoms with van der Waals surface area (Å²) in [6.45, 7) is 0.417. The molecule has 3 aromatic carbocycles. The molecule has 312 valence electrons. The monoisotopic (exact) mass is 852 g/mol. The lowest BCUT2D eigenvalue weighted by atomic mass is 9.80. The van der Waals surface area contributed by atoms with Gasteiger partial charge < -0.3 is 30.8 Å². The molecule has 4 N–H and O–H groups in total. The number of allylic oxidation sites excluding steroid dienone is 2. The molecule has 0 radical (unpaired) electrons. The van der Waals surface area contributed by atoms with Crippen molar-refractivity contribution in [3.8, 4) is 0 Å². The molecular formula is C49H48N4O6S2. The molecule has 0 aliphatic heterocycles. The largest absolute Gasteiger partial charge is 0.374 e. The van der Waals surface area contributed by atoms with Crippen molar-refractivity contribution in [1.29, 1.82) is 0 Å². The maximum absolute atomic E-state index is 14.3. The number of carbonyl (C=O) groups excluding carboxylic acids is 5. The number of ether oxygens (including phenoxy) is 1. The Kier molecular flexibility index (Phi) is 12.9. The number of amides is 4. The van der Waals surface area contributed by atoms with Crippen molar-refractivity contribution in [3.05, 3.63) is 141 Å². The molecule has 12 heteroatoms. The number of benzene rings is 3. The molecule has 2 aromatic heterocycles. The van der Waals surface area contributed by atoms with Gasteiger partial charge in [0.2, 0.25) is 11.8 Å². The first kappa shape index (κ1) is 41.8. The number of aldehydes is 1. The Morgan fingerprint density at radius 1 is 0.689 bits per heavy atom. The van der Waals surface area contributed by atoms with Crippen molar-refractivity contribution in [1.82, 2.24) is 21.3 Å². The predicted molar refractivity (Wildman–Crippen MR) is 239 cm³/mol. The lowest BCUT2D eigenvalue weighted by Gasteiger charge is -2.37. The molecule has 2 heterocycles. The van der Waals surface area contributed by atoms with Gasteiger partial charge in [-0.3, -0.25) is 19.2 Å². The number of carbonyl (C=O) groups is 5. The first-order chi connectivity index (χ1) is 29.7. The summed E-state index contributed by atoms with van der Waals surface area (Å²) in [5.41, 5.74) is 6.13. The number of fused-ring (bicyclic) bond motifs is 2. The van der Waals surface area contributed by atoms with Crippen LogP contribution in [0.3, 0.4) is 0 Å². The van der Waals surface area contributed by atoms with Crippen LogP contribution in [0.15, 0.2) is 120 Å². The van der Waals surface area contributed by atoms with Crippen molar-refractivity contribution in [2.24, 2.45) is 0 Å². The summed E-state index contributed by atoms with van der Waals surface area (Å²) in [6.07, 6.45) is 13.4. The number of rotatable bonds is 15. The van der Waals surface area contributed by atoms with Crippen LogP contribution in [-0.4, -0.2) is 53.6 Å². The molecule has 0 unspecified atom stereocenters. The molecule has 2 saturated carbocycles. The Labute approximate surface area is 362 Å². The van der Waals surface area contributed by atoms with Gasteiger partial charge in [-0.15, -0.1) is 22.7 Å². The third-order valence-corrected chi connectivity index (χ3v) is 14.2. The third kappa shape index (κ3) is 9.55. The summed E-state index contributed by atoms with van der Waals surface area (Å²) in [7, 11) is 0. The summed E-state index contributed by atoms with van der Waals surface area (Å²) in [5.74, 6) is -1.16. The van der Waals surface area contributed by atoms with E-state index in [0.29, 0.717) is 41.0 Å². The van der Waals surface area contributed by atoms with Crippen molar-refractivity contribution >= 4 is 72.8 Å². The summed E-state index contributed by atoms with van der Waals surface area (Å²) < 4.78 is 8.20. The minimum absolute atomic E-state index is 0.166. The molecule has 2 atom stereocenters. The lowest BCUT2D eigenvalue weighted by Crippen LogP contribution is -2.61. The minimum Gasteiger partial charge on any atom is -0.374 e. The smallest absolute Gasteiger partial charge is 0.262 e.